The van der Waals surface area contributed by atoms with Crippen LogP contribution < -0.4 is 5.32 Å². The highest BCUT2D eigenvalue weighted by atomic mass is 35.5. The lowest BCUT2D eigenvalue weighted by atomic mass is 9.94. The van der Waals surface area contributed by atoms with E-state index in [4.69, 9.17) is 0 Å². The number of nitrogens with zero attached hydrogens (tertiary/aromatic N) is 2. The first-order valence-corrected chi connectivity index (χ1v) is 8.75. The standard InChI is InChI=1S/C17H31N3O2.ClH/c1-13(2)9-14(3)10-16(21)19-7-4-5-15(12-19)20-8-6-18-11-17(20)22;/h13-15,18H,4-12H2,1-3H3;1H. The van der Waals surface area contributed by atoms with Gasteiger partial charge < -0.3 is 15.1 Å². The summed E-state index contributed by atoms with van der Waals surface area (Å²) >= 11 is 0. The Labute approximate surface area is 146 Å². The molecular weight excluding hydrogens is 314 g/mol. The lowest BCUT2D eigenvalue weighted by Crippen LogP contribution is -2.57. The fourth-order valence-electron chi connectivity index (χ4n) is 3.76. The highest BCUT2D eigenvalue weighted by Gasteiger charge is 2.31. The quantitative estimate of drug-likeness (QED) is 0.828. The molecule has 2 aliphatic rings. The molecule has 0 spiro atoms. The maximum Gasteiger partial charge on any atom is 0.236 e. The molecule has 0 aromatic rings. The number of amides is 2. The van der Waals surface area contributed by atoms with Crippen LogP contribution in [0, 0.1) is 11.8 Å². The molecule has 0 aromatic carbocycles. The summed E-state index contributed by atoms with van der Waals surface area (Å²) in [6.07, 6.45) is 3.77. The van der Waals surface area contributed by atoms with Crippen LogP contribution in [-0.2, 0) is 9.59 Å². The molecule has 2 unspecified atom stereocenters. The molecule has 1 N–H and O–H groups in total. The van der Waals surface area contributed by atoms with E-state index in [-0.39, 0.29) is 30.3 Å². The maximum atomic E-state index is 12.5. The number of hydrogen-bond acceptors (Lipinski definition) is 3. The third-order valence-corrected chi connectivity index (χ3v) is 4.71. The van der Waals surface area contributed by atoms with Crippen molar-refractivity contribution in [1.29, 1.82) is 0 Å². The largest absolute Gasteiger partial charge is 0.341 e. The van der Waals surface area contributed by atoms with Crippen molar-refractivity contribution in [3.05, 3.63) is 0 Å². The van der Waals surface area contributed by atoms with Crippen molar-refractivity contribution in [1.82, 2.24) is 15.1 Å². The number of piperazine rings is 1. The smallest absolute Gasteiger partial charge is 0.236 e. The Morgan fingerprint density at radius 2 is 2.04 bits per heavy atom. The van der Waals surface area contributed by atoms with E-state index in [1.165, 1.54) is 0 Å². The van der Waals surface area contributed by atoms with Crippen LogP contribution in [0.4, 0.5) is 0 Å². The number of piperidine rings is 1. The van der Waals surface area contributed by atoms with E-state index in [0.29, 0.717) is 24.8 Å². The number of carbonyl (C=O) groups is 2. The summed E-state index contributed by atoms with van der Waals surface area (Å²) in [4.78, 5) is 28.5. The van der Waals surface area contributed by atoms with Crippen molar-refractivity contribution in [2.45, 2.75) is 52.5 Å². The van der Waals surface area contributed by atoms with Gasteiger partial charge in [-0.3, -0.25) is 9.59 Å². The summed E-state index contributed by atoms with van der Waals surface area (Å²) in [7, 11) is 0. The van der Waals surface area contributed by atoms with Gasteiger partial charge in [0.1, 0.15) is 0 Å². The lowest BCUT2D eigenvalue weighted by molar-refractivity contribution is -0.140. The van der Waals surface area contributed by atoms with Gasteiger partial charge in [-0.1, -0.05) is 20.8 Å². The van der Waals surface area contributed by atoms with Gasteiger partial charge in [0, 0.05) is 38.6 Å². The average Bonchev–Trinajstić information content (AvgIpc) is 2.47. The minimum atomic E-state index is 0. The third-order valence-electron chi connectivity index (χ3n) is 4.71. The van der Waals surface area contributed by atoms with Crippen molar-refractivity contribution in [3.8, 4) is 0 Å². The highest BCUT2D eigenvalue weighted by molar-refractivity contribution is 5.85. The monoisotopic (exact) mass is 345 g/mol. The van der Waals surface area contributed by atoms with Gasteiger partial charge in [0.05, 0.1) is 6.54 Å². The van der Waals surface area contributed by atoms with Crippen molar-refractivity contribution in [3.63, 3.8) is 0 Å². The van der Waals surface area contributed by atoms with Gasteiger partial charge in [-0.2, -0.15) is 0 Å². The van der Waals surface area contributed by atoms with E-state index >= 15 is 0 Å². The molecule has 0 saturated carbocycles. The first-order chi connectivity index (χ1) is 10.5. The summed E-state index contributed by atoms with van der Waals surface area (Å²) in [5.74, 6) is 1.52. The van der Waals surface area contributed by atoms with E-state index < -0.39 is 0 Å². The summed E-state index contributed by atoms with van der Waals surface area (Å²) < 4.78 is 0. The molecule has 0 aliphatic carbocycles. The first kappa shape index (κ1) is 20.2. The summed E-state index contributed by atoms with van der Waals surface area (Å²) in [5, 5.41) is 3.11. The minimum Gasteiger partial charge on any atom is -0.341 e. The zero-order valence-electron chi connectivity index (χ0n) is 14.7. The topological polar surface area (TPSA) is 52.7 Å². The predicted octanol–water partition coefficient (Wildman–Crippen LogP) is 1.90. The molecule has 5 nitrogen and oxygen atoms in total. The number of halogens is 1. The Hall–Kier alpha value is -0.810. The molecule has 0 bridgehead atoms. The average molecular weight is 346 g/mol. The van der Waals surface area contributed by atoms with Crippen molar-refractivity contribution >= 4 is 24.2 Å². The van der Waals surface area contributed by atoms with E-state index in [2.05, 4.69) is 26.1 Å². The van der Waals surface area contributed by atoms with Gasteiger partial charge in [0.2, 0.25) is 11.8 Å². The van der Waals surface area contributed by atoms with Crippen LogP contribution in [0.2, 0.25) is 0 Å². The Morgan fingerprint density at radius 3 is 2.70 bits per heavy atom. The third kappa shape index (κ3) is 5.96. The van der Waals surface area contributed by atoms with Gasteiger partial charge in [-0.05, 0) is 31.1 Å². The van der Waals surface area contributed by atoms with E-state index in [1.54, 1.807) is 0 Å². The number of rotatable bonds is 5. The minimum absolute atomic E-state index is 0. The number of hydrogen-bond donors (Lipinski definition) is 1. The summed E-state index contributed by atoms with van der Waals surface area (Å²) in [6, 6.07) is 0.215. The van der Waals surface area contributed by atoms with Crippen LogP contribution in [0.25, 0.3) is 0 Å². The zero-order chi connectivity index (χ0) is 16.1. The molecule has 2 fully saturated rings. The molecule has 2 rings (SSSR count). The second-order valence-electron chi connectivity index (χ2n) is 7.34. The summed E-state index contributed by atoms with van der Waals surface area (Å²) in [6.45, 7) is 10.2. The molecular formula is C17H32ClN3O2. The molecule has 2 amide bonds. The molecule has 0 radical (unpaired) electrons. The predicted molar refractivity (Wildman–Crippen MR) is 94.7 cm³/mol. The highest BCUT2D eigenvalue weighted by Crippen LogP contribution is 2.20. The summed E-state index contributed by atoms with van der Waals surface area (Å²) in [5.41, 5.74) is 0. The van der Waals surface area contributed by atoms with Gasteiger partial charge in [0.25, 0.3) is 0 Å². The zero-order valence-corrected chi connectivity index (χ0v) is 15.5. The first-order valence-electron chi connectivity index (χ1n) is 8.75. The normalized spacial score (nSPS) is 23.7. The SMILES string of the molecule is CC(C)CC(C)CC(=O)N1CCCC(N2CCNCC2=O)C1.Cl. The second kappa shape index (κ2) is 9.48. The fourth-order valence-corrected chi connectivity index (χ4v) is 3.76. The number of nitrogens with one attached hydrogen (secondary N) is 1. The molecule has 2 atom stereocenters. The Bertz CT molecular complexity index is 403. The van der Waals surface area contributed by atoms with Gasteiger partial charge in [-0.15, -0.1) is 12.4 Å². The van der Waals surface area contributed by atoms with Crippen molar-refractivity contribution in [2.75, 3.05) is 32.7 Å². The van der Waals surface area contributed by atoms with Crippen LogP contribution in [0.5, 0.6) is 0 Å². The van der Waals surface area contributed by atoms with Gasteiger partial charge in [0.15, 0.2) is 0 Å². The van der Waals surface area contributed by atoms with Crippen molar-refractivity contribution in [2.24, 2.45) is 11.8 Å². The van der Waals surface area contributed by atoms with Gasteiger partial charge in [-0.25, -0.2) is 0 Å². The van der Waals surface area contributed by atoms with E-state index in [0.717, 1.165) is 45.4 Å². The van der Waals surface area contributed by atoms with Crippen LogP contribution in [0.15, 0.2) is 0 Å². The number of likely N-dealkylation sites (tertiary alicyclic amines) is 1. The molecule has 6 heteroatoms. The molecule has 23 heavy (non-hydrogen) atoms. The maximum absolute atomic E-state index is 12.5. The Morgan fingerprint density at radius 1 is 1.30 bits per heavy atom. The lowest BCUT2D eigenvalue weighted by Gasteiger charge is -2.41. The Balaban J connectivity index is 0.00000264. The number of carbonyl (C=O) groups excluding carboxylic acids is 2. The van der Waals surface area contributed by atoms with Gasteiger partial charge >= 0.3 is 0 Å². The molecule has 2 aliphatic heterocycles. The van der Waals surface area contributed by atoms with Crippen LogP contribution in [0.3, 0.4) is 0 Å². The van der Waals surface area contributed by atoms with Crippen LogP contribution >= 0.6 is 12.4 Å². The second-order valence-corrected chi connectivity index (χ2v) is 7.34. The van der Waals surface area contributed by atoms with Crippen LogP contribution in [-0.4, -0.2) is 60.4 Å². The molecule has 2 saturated heterocycles. The molecule has 2 heterocycles. The van der Waals surface area contributed by atoms with Crippen LogP contribution in [0.1, 0.15) is 46.5 Å². The Kier molecular flexibility index (Phi) is 8.34. The van der Waals surface area contributed by atoms with E-state index in [1.807, 2.05) is 9.80 Å². The van der Waals surface area contributed by atoms with E-state index in [9.17, 15) is 9.59 Å². The molecule has 134 valence electrons. The van der Waals surface area contributed by atoms with Crippen molar-refractivity contribution < 1.29 is 9.59 Å². The molecule has 0 aromatic heterocycles. The fraction of sp³-hybridized carbons (Fsp3) is 0.882.